The summed E-state index contributed by atoms with van der Waals surface area (Å²) < 4.78 is 0. The SMILES string of the molecule is Cc1ccc(CNCCC(C)C(=O)O)cc1C. The second-order valence-electron chi connectivity index (χ2n) is 4.62. The largest absolute Gasteiger partial charge is 0.481 e. The van der Waals surface area contributed by atoms with Crippen molar-refractivity contribution in [1.82, 2.24) is 5.32 Å². The zero-order valence-electron chi connectivity index (χ0n) is 10.8. The summed E-state index contributed by atoms with van der Waals surface area (Å²) >= 11 is 0. The lowest BCUT2D eigenvalue weighted by atomic mass is 10.1. The average Bonchev–Trinajstić information content (AvgIpc) is 2.28. The van der Waals surface area contributed by atoms with Gasteiger partial charge in [-0.2, -0.15) is 0 Å². The van der Waals surface area contributed by atoms with Gasteiger partial charge in [-0.1, -0.05) is 25.1 Å². The van der Waals surface area contributed by atoms with Crippen molar-refractivity contribution in [2.75, 3.05) is 6.54 Å². The van der Waals surface area contributed by atoms with E-state index in [0.717, 1.165) is 13.1 Å². The van der Waals surface area contributed by atoms with Crippen molar-refractivity contribution >= 4 is 5.97 Å². The molecule has 0 saturated carbocycles. The molecule has 17 heavy (non-hydrogen) atoms. The van der Waals surface area contributed by atoms with Crippen molar-refractivity contribution in [3.05, 3.63) is 34.9 Å². The third kappa shape index (κ3) is 4.57. The van der Waals surface area contributed by atoms with E-state index in [0.29, 0.717) is 6.42 Å². The highest BCUT2D eigenvalue weighted by atomic mass is 16.4. The number of rotatable bonds is 6. The lowest BCUT2D eigenvalue weighted by Gasteiger charge is -2.09. The van der Waals surface area contributed by atoms with Crippen molar-refractivity contribution in [1.29, 1.82) is 0 Å². The number of carboxylic acids is 1. The van der Waals surface area contributed by atoms with Crippen LogP contribution in [0.2, 0.25) is 0 Å². The topological polar surface area (TPSA) is 49.3 Å². The van der Waals surface area contributed by atoms with E-state index in [4.69, 9.17) is 5.11 Å². The molecule has 0 bridgehead atoms. The van der Waals surface area contributed by atoms with Gasteiger partial charge in [0.25, 0.3) is 0 Å². The van der Waals surface area contributed by atoms with Gasteiger partial charge in [0.05, 0.1) is 5.92 Å². The minimum absolute atomic E-state index is 0.276. The fourth-order valence-corrected chi connectivity index (χ4v) is 1.59. The highest BCUT2D eigenvalue weighted by Crippen LogP contribution is 2.09. The fraction of sp³-hybridized carbons (Fsp3) is 0.500. The van der Waals surface area contributed by atoms with Crippen molar-refractivity contribution < 1.29 is 9.90 Å². The van der Waals surface area contributed by atoms with E-state index in [1.54, 1.807) is 6.92 Å². The van der Waals surface area contributed by atoms with Gasteiger partial charge >= 0.3 is 5.97 Å². The second-order valence-corrected chi connectivity index (χ2v) is 4.62. The molecule has 94 valence electrons. The molecule has 2 N–H and O–H groups in total. The van der Waals surface area contributed by atoms with E-state index >= 15 is 0 Å². The van der Waals surface area contributed by atoms with Crippen LogP contribution in [0.1, 0.15) is 30.0 Å². The Morgan fingerprint density at radius 2 is 2.06 bits per heavy atom. The lowest BCUT2D eigenvalue weighted by Crippen LogP contribution is -2.20. The minimum Gasteiger partial charge on any atom is -0.481 e. The first-order valence-corrected chi connectivity index (χ1v) is 6.00. The first-order valence-electron chi connectivity index (χ1n) is 6.00. The number of carboxylic acid groups (broad SMARTS) is 1. The first kappa shape index (κ1) is 13.7. The Balaban J connectivity index is 2.31. The molecule has 0 spiro atoms. The van der Waals surface area contributed by atoms with Crippen LogP contribution in [0.25, 0.3) is 0 Å². The van der Waals surface area contributed by atoms with Crippen LogP contribution < -0.4 is 5.32 Å². The smallest absolute Gasteiger partial charge is 0.306 e. The van der Waals surface area contributed by atoms with Gasteiger partial charge in [-0.25, -0.2) is 0 Å². The molecular formula is C14H21NO2. The Bertz CT molecular complexity index is 388. The summed E-state index contributed by atoms with van der Waals surface area (Å²) in [5.74, 6) is -1.000. The zero-order chi connectivity index (χ0) is 12.8. The minimum atomic E-state index is -0.724. The molecule has 0 aliphatic carbocycles. The number of hydrogen-bond donors (Lipinski definition) is 2. The van der Waals surface area contributed by atoms with Gasteiger partial charge in [0, 0.05) is 6.54 Å². The molecule has 0 aliphatic rings. The van der Waals surface area contributed by atoms with Crippen LogP contribution in [-0.2, 0) is 11.3 Å². The highest BCUT2D eigenvalue weighted by molar-refractivity contribution is 5.69. The fourth-order valence-electron chi connectivity index (χ4n) is 1.59. The molecular weight excluding hydrogens is 214 g/mol. The van der Waals surface area contributed by atoms with Crippen LogP contribution in [0.3, 0.4) is 0 Å². The Morgan fingerprint density at radius 1 is 1.35 bits per heavy atom. The molecule has 0 heterocycles. The maximum absolute atomic E-state index is 10.6. The van der Waals surface area contributed by atoms with Crippen molar-refractivity contribution in [3.63, 3.8) is 0 Å². The first-order chi connectivity index (χ1) is 8.00. The van der Waals surface area contributed by atoms with Gasteiger partial charge in [0.2, 0.25) is 0 Å². The number of nitrogens with one attached hydrogen (secondary N) is 1. The molecule has 0 radical (unpaired) electrons. The van der Waals surface area contributed by atoms with E-state index in [-0.39, 0.29) is 5.92 Å². The Labute approximate surface area is 103 Å². The maximum atomic E-state index is 10.6. The van der Waals surface area contributed by atoms with Crippen molar-refractivity contribution in [2.45, 2.75) is 33.7 Å². The van der Waals surface area contributed by atoms with Gasteiger partial charge < -0.3 is 10.4 Å². The molecule has 0 saturated heterocycles. The highest BCUT2D eigenvalue weighted by Gasteiger charge is 2.09. The normalized spacial score (nSPS) is 12.4. The van der Waals surface area contributed by atoms with E-state index in [2.05, 4.69) is 37.4 Å². The third-order valence-electron chi connectivity index (χ3n) is 3.08. The van der Waals surface area contributed by atoms with Crippen LogP contribution in [-0.4, -0.2) is 17.6 Å². The number of hydrogen-bond acceptors (Lipinski definition) is 2. The van der Waals surface area contributed by atoms with E-state index in [1.807, 2.05) is 0 Å². The van der Waals surface area contributed by atoms with Crippen molar-refractivity contribution in [3.8, 4) is 0 Å². The molecule has 1 rings (SSSR count). The number of aliphatic carboxylic acids is 1. The third-order valence-corrected chi connectivity index (χ3v) is 3.08. The monoisotopic (exact) mass is 235 g/mol. The van der Waals surface area contributed by atoms with E-state index in [1.165, 1.54) is 16.7 Å². The quantitative estimate of drug-likeness (QED) is 0.745. The molecule has 1 aromatic carbocycles. The van der Waals surface area contributed by atoms with E-state index in [9.17, 15) is 4.79 Å². The summed E-state index contributed by atoms with van der Waals surface area (Å²) in [5, 5.41) is 12.0. The lowest BCUT2D eigenvalue weighted by molar-refractivity contribution is -0.141. The number of aryl methyl sites for hydroxylation is 2. The molecule has 0 aliphatic heterocycles. The molecule has 3 heteroatoms. The predicted octanol–water partition coefficient (Wildman–Crippen LogP) is 2.50. The summed E-state index contributed by atoms with van der Waals surface area (Å²) in [6.45, 7) is 7.47. The maximum Gasteiger partial charge on any atom is 0.306 e. The van der Waals surface area contributed by atoms with Gasteiger partial charge in [0.15, 0.2) is 0 Å². The zero-order valence-corrected chi connectivity index (χ0v) is 10.8. The summed E-state index contributed by atoms with van der Waals surface area (Å²) in [4.78, 5) is 10.6. The summed E-state index contributed by atoms with van der Waals surface area (Å²) in [6, 6.07) is 6.39. The number of benzene rings is 1. The van der Waals surface area contributed by atoms with Crippen LogP contribution in [0.15, 0.2) is 18.2 Å². The van der Waals surface area contributed by atoms with Gasteiger partial charge in [-0.3, -0.25) is 4.79 Å². The summed E-state index contributed by atoms with van der Waals surface area (Å²) in [6.07, 6.45) is 0.667. The molecule has 0 fully saturated rings. The van der Waals surface area contributed by atoms with Crippen LogP contribution in [0, 0.1) is 19.8 Å². The Morgan fingerprint density at radius 3 is 2.65 bits per heavy atom. The average molecular weight is 235 g/mol. The Kier molecular flexibility index (Phi) is 5.16. The van der Waals surface area contributed by atoms with Gasteiger partial charge in [0.1, 0.15) is 0 Å². The molecule has 0 amide bonds. The summed E-state index contributed by atoms with van der Waals surface area (Å²) in [5.41, 5.74) is 3.84. The second kappa shape index (κ2) is 6.40. The van der Waals surface area contributed by atoms with Gasteiger partial charge in [-0.15, -0.1) is 0 Å². The molecule has 1 aromatic rings. The number of carbonyl (C=O) groups is 1. The predicted molar refractivity (Wildman–Crippen MR) is 69.0 cm³/mol. The standard InChI is InChI=1S/C14H21NO2/c1-10-4-5-13(8-12(10)3)9-15-7-6-11(2)14(16)17/h4-5,8,11,15H,6-7,9H2,1-3H3,(H,16,17). The molecule has 3 nitrogen and oxygen atoms in total. The van der Waals surface area contributed by atoms with Gasteiger partial charge in [-0.05, 0) is 43.5 Å². The molecule has 1 atom stereocenters. The Hall–Kier alpha value is -1.35. The molecule has 1 unspecified atom stereocenters. The van der Waals surface area contributed by atoms with E-state index < -0.39 is 5.97 Å². The molecule has 0 aromatic heterocycles. The van der Waals surface area contributed by atoms with Crippen LogP contribution in [0.5, 0.6) is 0 Å². The van der Waals surface area contributed by atoms with Crippen LogP contribution in [0.4, 0.5) is 0 Å². The van der Waals surface area contributed by atoms with Crippen LogP contribution >= 0.6 is 0 Å². The van der Waals surface area contributed by atoms with Crippen molar-refractivity contribution in [2.24, 2.45) is 5.92 Å². The summed E-state index contributed by atoms with van der Waals surface area (Å²) in [7, 11) is 0.